The summed E-state index contributed by atoms with van der Waals surface area (Å²) in [7, 11) is 0. The highest BCUT2D eigenvalue weighted by atomic mass is 16.4. The zero-order valence-corrected chi connectivity index (χ0v) is 8.64. The van der Waals surface area contributed by atoms with Gasteiger partial charge in [0.25, 0.3) is 0 Å². The molecule has 2 N–H and O–H groups in total. The third kappa shape index (κ3) is 2.13. The number of hydrogen-bond acceptors (Lipinski definition) is 2. The minimum atomic E-state index is -0.902. The van der Waals surface area contributed by atoms with Gasteiger partial charge in [-0.3, -0.25) is 4.79 Å². The Morgan fingerprint density at radius 3 is 2.88 bits per heavy atom. The van der Waals surface area contributed by atoms with Crippen molar-refractivity contribution < 1.29 is 9.90 Å². The molecule has 0 radical (unpaired) electrons. The molecule has 0 unspecified atom stereocenters. The van der Waals surface area contributed by atoms with Crippen molar-refractivity contribution in [3.8, 4) is 0 Å². The number of nitrogens with one attached hydrogen (secondary N) is 1. The van der Waals surface area contributed by atoms with E-state index in [4.69, 9.17) is 5.11 Å². The van der Waals surface area contributed by atoms with Gasteiger partial charge in [-0.1, -0.05) is 6.08 Å². The van der Waals surface area contributed by atoms with E-state index in [1.165, 1.54) is 11.0 Å². The largest absolute Gasteiger partial charge is 0.465 e. The fourth-order valence-electron chi connectivity index (χ4n) is 1.75. The maximum Gasteiger partial charge on any atom is 0.407 e. The second kappa shape index (κ2) is 4.22. The molecular weight excluding hydrogens is 208 g/mol. The fraction of sp³-hybridized carbons (Fsp3) is 0.273. The molecule has 0 atom stereocenters. The number of aromatic nitrogens is 1. The molecule has 0 spiro atoms. The number of hydrogen-bond donors (Lipinski definition) is 2. The quantitative estimate of drug-likeness (QED) is 0.745. The highest BCUT2D eigenvalue weighted by Gasteiger charge is 2.16. The minimum absolute atomic E-state index is 0.140. The van der Waals surface area contributed by atoms with Crippen LogP contribution in [0.25, 0.3) is 5.57 Å². The minimum Gasteiger partial charge on any atom is -0.465 e. The predicted molar refractivity (Wildman–Crippen MR) is 59.3 cm³/mol. The summed E-state index contributed by atoms with van der Waals surface area (Å²) in [5, 5.41) is 8.78. The molecule has 16 heavy (non-hydrogen) atoms. The Labute approximate surface area is 92.0 Å². The first-order valence-electron chi connectivity index (χ1n) is 5.03. The second-order valence-electron chi connectivity index (χ2n) is 3.65. The lowest BCUT2D eigenvalue weighted by atomic mass is 10.0. The van der Waals surface area contributed by atoms with Crippen molar-refractivity contribution in [1.29, 1.82) is 0 Å². The Kier molecular flexibility index (Phi) is 2.76. The van der Waals surface area contributed by atoms with E-state index in [-0.39, 0.29) is 5.56 Å². The van der Waals surface area contributed by atoms with Gasteiger partial charge >= 0.3 is 6.09 Å². The number of amides is 1. The molecular formula is C11H12N2O3. The van der Waals surface area contributed by atoms with Gasteiger partial charge < -0.3 is 15.0 Å². The van der Waals surface area contributed by atoms with E-state index >= 15 is 0 Å². The summed E-state index contributed by atoms with van der Waals surface area (Å²) in [5.74, 6) is 0. The van der Waals surface area contributed by atoms with E-state index in [1.807, 2.05) is 12.1 Å². The summed E-state index contributed by atoms with van der Waals surface area (Å²) in [6.07, 6.45) is 3.20. The maximum atomic E-state index is 11.1. The Morgan fingerprint density at radius 1 is 1.50 bits per heavy atom. The van der Waals surface area contributed by atoms with Crippen molar-refractivity contribution in [2.75, 3.05) is 13.1 Å². The summed E-state index contributed by atoms with van der Waals surface area (Å²) in [4.78, 5) is 25.7. The van der Waals surface area contributed by atoms with Crippen LogP contribution in [0.4, 0.5) is 4.79 Å². The average molecular weight is 220 g/mol. The molecule has 0 bridgehead atoms. The van der Waals surface area contributed by atoms with Crippen LogP contribution >= 0.6 is 0 Å². The number of H-pyrrole nitrogens is 1. The molecule has 0 saturated carbocycles. The van der Waals surface area contributed by atoms with Crippen LogP contribution in [0.2, 0.25) is 0 Å². The van der Waals surface area contributed by atoms with Crippen molar-refractivity contribution in [2.24, 2.45) is 0 Å². The van der Waals surface area contributed by atoms with Crippen LogP contribution < -0.4 is 5.56 Å². The Bertz CT molecular complexity index is 490. The van der Waals surface area contributed by atoms with E-state index in [1.54, 1.807) is 6.20 Å². The number of carboxylic acid groups (broad SMARTS) is 1. The number of nitrogens with zero attached hydrogens (tertiary/aromatic N) is 1. The van der Waals surface area contributed by atoms with Crippen LogP contribution in [0.1, 0.15) is 12.0 Å². The van der Waals surface area contributed by atoms with Gasteiger partial charge in [0.2, 0.25) is 5.56 Å². The van der Waals surface area contributed by atoms with Gasteiger partial charge in [0.1, 0.15) is 0 Å². The summed E-state index contributed by atoms with van der Waals surface area (Å²) >= 11 is 0. The maximum absolute atomic E-state index is 11.1. The lowest BCUT2D eigenvalue weighted by Crippen LogP contribution is -2.33. The van der Waals surface area contributed by atoms with Gasteiger partial charge in [0, 0.05) is 25.4 Å². The number of carbonyl (C=O) groups is 1. The van der Waals surface area contributed by atoms with E-state index < -0.39 is 6.09 Å². The van der Waals surface area contributed by atoms with Crippen LogP contribution in [0.5, 0.6) is 0 Å². The van der Waals surface area contributed by atoms with Gasteiger partial charge in [-0.05, 0) is 23.6 Å². The standard InChI is InChI=1S/C11H12N2O3/c14-10-7-9(1-4-12-10)8-2-5-13(6-3-8)11(15)16/h1-2,4,7H,3,5-6H2,(H,12,14)(H,15,16). The molecule has 2 heterocycles. The van der Waals surface area contributed by atoms with Crippen LogP contribution in [-0.2, 0) is 0 Å². The highest BCUT2D eigenvalue weighted by Crippen LogP contribution is 2.20. The second-order valence-corrected chi connectivity index (χ2v) is 3.65. The molecule has 0 aromatic carbocycles. The molecule has 0 fully saturated rings. The average Bonchev–Trinajstić information content (AvgIpc) is 2.29. The third-order valence-electron chi connectivity index (χ3n) is 2.63. The number of pyridine rings is 1. The fourth-order valence-corrected chi connectivity index (χ4v) is 1.75. The van der Waals surface area contributed by atoms with Crippen molar-refractivity contribution >= 4 is 11.7 Å². The Hall–Kier alpha value is -2.04. The summed E-state index contributed by atoms with van der Waals surface area (Å²) < 4.78 is 0. The lowest BCUT2D eigenvalue weighted by molar-refractivity contribution is 0.150. The molecule has 84 valence electrons. The van der Waals surface area contributed by atoms with E-state index in [0.717, 1.165) is 11.1 Å². The Balaban J connectivity index is 2.19. The predicted octanol–water partition coefficient (Wildman–Crippen LogP) is 1.14. The van der Waals surface area contributed by atoms with Crippen LogP contribution in [0, 0.1) is 0 Å². The molecule has 1 aliphatic rings. The molecule has 1 aromatic heterocycles. The van der Waals surface area contributed by atoms with E-state index in [0.29, 0.717) is 19.5 Å². The van der Waals surface area contributed by atoms with Crippen molar-refractivity contribution in [3.05, 3.63) is 40.3 Å². The van der Waals surface area contributed by atoms with Gasteiger partial charge in [0.05, 0.1) is 0 Å². The zero-order valence-electron chi connectivity index (χ0n) is 8.64. The zero-order chi connectivity index (χ0) is 11.5. The lowest BCUT2D eigenvalue weighted by Gasteiger charge is -2.23. The van der Waals surface area contributed by atoms with E-state index in [2.05, 4.69) is 4.98 Å². The molecule has 5 heteroatoms. The molecule has 0 aliphatic carbocycles. The van der Waals surface area contributed by atoms with Crippen molar-refractivity contribution in [2.45, 2.75) is 6.42 Å². The summed E-state index contributed by atoms with van der Waals surface area (Å²) in [6, 6.07) is 3.35. The monoisotopic (exact) mass is 220 g/mol. The summed E-state index contributed by atoms with van der Waals surface area (Å²) in [6.45, 7) is 0.866. The first kappa shape index (κ1) is 10.5. The Morgan fingerprint density at radius 2 is 2.31 bits per heavy atom. The topological polar surface area (TPSA) is 73.4 Å². The molecule has 1 aliphatic heterocycles. The number of aromatic amines is 1. The molecule has 2 rings (SSSR count). The SMILES string of the molecule is O=C(O)N1CC=C(c2cc[nH]c(=O)c2)CC1. The van der Waals surface area contributed by atoms with Crippen LogP contribution in [0.15, 0.2) is 29.2 Å². The summed E-state index contributed by atoms with van der Waals surface area (Å²) in [5.41, 5.74) is 1.76. The van der Waals surface area contributed by atoms with Gasteiger partial charge in [-0.25, -0.2) is 4.79 Å². The first-order valence-corrected chi connectivity index (χ1v) is 5.03. The first-order chi connectivity index (χ1) is 7.66. The van der Waals surface area contributed by atoms with Gasteiger partial charge in [-0.15, -0.1) is 0 Å². The van der Waals surface area contributed by atoms with Crippen molar-refractivity contribution in [1.82, 2.24) is 9.88 Å². The molecule has 5 nitrogen and oxygen atoms in total. The normalized spacial score (nSPS) is 15.8. The van der Waals surface area contributed by atoms with Crippen LogP contribution in [0.3, 0.4) is 0 Å². The van der Waals surface area contributed by atoms with Crippen molar-refractivity contribution in [3.63, 3.8) is 0 Å². The van der Waals surface area contributed by atoms with E-state index in [9.17, 15) is 9.59 Å². The molecule has 0 saturated heterocycles. The molecule has 1 aromatic rings. The third-order valence-corrected chi connectivity index (χ3v) is 2.63. The molecule has 1 amide bonds. The van der Waals surface area contributed by atoms with Crippen LogP contribution in [-0.4, -0.2) is 34.2 Å². The highest BCUT2D eigenvalue weighted by molar-refractivity contribution is 5.71. The smallest absolute Gasteiger partial charge is 0.407 e. The number of rotatable bonds is 1. The van der Waals surface area contributed by atoms with Gasteiger partial charge in [-0.2, -0.15) is 0 Å². The van der Waals surface area contributed by atoms with Gasteiger partial charge in [0.15, 0.2) is 0 Å².